The molecule has 1 aromatic carbocycles. The number of anilines is 1. The highest BCUT2D eigenvalue weighted by atomic mass is 16.5. The van der Waals surface area contributed by atoms with Crippen LogP contribution in [-0.4, -0.2) is 11.6 Å². The number of fused-ring (bicyclic) bond motifs is 1. The molecule has 0 spiro atoms. The van der Waals surface area contributed by atoms with Crippen LogP contribution in [0.3, 0.4) is 0 Å². The second kappa shape index (κ2) is 4.84. The van der Waals surface area contributed by atoms with Crippen molar-refractivity contribution in [3.8, 4) is 5.88 Å². The van der Waals surface area contributed by atoms with Gasteiger partial charge in [0.05, 0.1) is 12.1 Å². The maximum Gasteiger partial charge on any atom is 0.213 e. The van der Waals surface area contributed by atoms with Crippen molar-refractivity contribution in [3.63, 3.8) is 0 Å². The van der Waals surface area contributed by atoms with Crippen molar-refractivity contribution in [2.45, 2.75) is 25.7 Å². The van der Waals surface area contributed by atoms with Gasteiger partial charge in [-0.3, -0.25) is 0 Å². The topological polar surface area (TPSA) is 48.1 Å². The molecule has 3 nitrogen and oxygen atoms in total. The van der Waals surface area contributed by atoms with E-state index in [1.54, 1.807) is 0 Å². The Morgan fingerprint density at radius 3 is 2.83 bits per heavy atom. The smallest absolute Gasteiger partial charge is 0.213 e. The van der Waals surface area contributed by atoms with Crippen LogP contribution >= 0.6 is 0 Å². The van der Waals surface area contributed by atoms with Crippen molar-refractivity contribution >= 4 is 16.6 Å². The van der Waals surface area contributed by atoms with E-state index in [0.29, 0.717) is 5.92 Å². The highest BCUT2D eigenvalue weighted by Crippen LogP contribution is 2.26. The second-order valence-corrected chi connectivity index (χ2v) is 5.06. The normalized spacial score (nSPS) is 16.2. The summed E-state index contributed by atoms with van der Waals surface area (Å²) in [5, 5.41) is 1.06. The number of ether oxygens (including phenoxy) is 1. The van der Waals surface area contributed by atoms with Gasteiger partial charge in [-0.05, 0) is 43.0 Å². The Morgan fingerprint density at radius 2 is 2.00 bits per heavy atom. The molecule has 0 unspecified atom stereocenters. The van der Waals surface area contributed by atoms with Gasteiger partial charge in [-0.25, -0.2) is 4.98 Å². The highest BCUT2D eigenvalue weighted by Gasteiger charge is 2.15. The molecule has 3 rings (SSSR count). The largest absolute Gasteiger partial charge is 0.477 e. The number of hydrogen-bond donors (Lipinski definition) is 1. The fourth-order valence-electron chi connectivity index (χ4n) is 2.59. The number of aromatic nitrogens is 1. The van der Waals surface area contributed by atoms with Gasteiger partial charge in [0.15, 0.2) is 0 Å². The van der Waals surface area contributed by atoms with Gasteiger partial charge in [0, 0.05) is 17.1 Å². The first-order valence-corrected chi connectivity index (χ1v) is 6.60. The van der Waals surface area contributed by atoms with Crippen LogP contribution in [0.4, 0.5) is 5.69 Å². The zero-order valence-corrected chi connectivity index (χ0v) is 10.4. The van der Waals surface area contributed by atoms with Crippen LogP contribution in [0.2, 0.25) is 0 Å². The highest BCUT2D eigenvalue weighted by molar-refractivity contribution is 5.82. The average Bonchev–Trinajstić information content (AvgIpc) is 2.89. The first-order chi connectivity index (χ1) is 8.81. The summed E-state index contributed by atoms with van der Waals surface area (Å²) in [5.74, 6) is 1.44. The van der Waals surface area contributed by atoms with Crippen molar-refractivity contribution < 1.29 is 4.74 Å². The molecule has 0 aliphatic heterocycles. The summed E-state index contributed by atoms with van der Waals surface area (Å²) in [7, 11) is 0. The molecular weight excluding hydrogens is 224 g/mol. The molecular formula is C15H18N2O. The molecule has 1 aliphatic rings. The molecule has 0 amide bonds. The first kappa shape index (κ1) is 11.3. The molecule has 1 aliphatic carbocycles. The summed E-state index contributed by atoms with van der Waals surface area (Å²) in [6, 6.07) is 9.69. The maximum absolute atomic E-state index is 5.79. The summed E-state index contributed by atoms with van der Waals surface area (Å²) >= 11 is 0. The third-order valence-corrected chi connectivity index (χ3v) is 3.63. The molecule has 1 fully saturated rings. The van der Waals surface area contributed by atoms with E-state index >= 15 is 0 Å². The summed E-state index contributed by atoms with van der Waals surface area (Å²) in [4.78, 5) is 4.50. The molecule has 1 heterocycles. The van der Waals surface area contributed by atoms with Crippen LogP contribution in [0.1, 0.15) is 25.7 Å². The fraction of sp³-hybridized carbons (Fsp3) is 0.400. The predicted molar refractivity (Wildman–Crippen MR) is 73.6 cm³/mol. The lowest BCUT2D eigenvalue weighted by atomic mass is 10.1. The van der Waals surface area contributed by atoms with Gasteiger partial charge in [-0.15, -0.1) is 0 Å². The van der Waals surface area contributed by atoms with Gasteiger partial charge >= 0.3 is 0 Å². The van der Waals surface area contributed by atoms with Crippen molar-refractivity contribution in [2.75, 3.05) is 12.3 Å². The van der Waals surface area contributed by atoms with Crippen LogP contribution in [0.25, 0.3) is 10.9 Å². The minimum Gasteiger partial charge on any atom is -0.477 e. The average molecular weight is 242 g/mol. The number of pyridine rings is 1. The van der Waals surface area contributed by atoms with E-state index in [9.17, 15) is 0 Å². The number of nitrogens with zero attached hydrogens (tertiary/aromatic N) is 1. The molecule has 18 heavy (non-hydrogen) atoms. The number of hydrogen-bond acceptors (Lipinski definition) is 3. The van der Waals surface area contributed by atoms with E-state index < -0.39 is 0 Å². The van der Waals surface area contributed by atoms with Crippen molar-refractivity contribution in [2.24, 2.45) is 5.92 Å². The number of rotatable bonds is 3. The Kier molecular flexibility index (Phi) is 3.05. The molecule has 3 heteroatoms. The molecule has 2 N–H and O–H groups in total. The van der Waals surface area contributed by atoms with Crippen molar-refractivity contribution in [3.05, 3.63) is 30.3 Å². The van der Waals surface area contributed by atoms with Crippen molar-refractivity contribution in [1.82, 2.24) is 4.98 Å². The minimum atomic E-state index is 0.717. The summed E-state index contributed by atoms with van der Waals surface area (Å²) < 4.78 is 5.79. The van der Waals surface area contributed by atoms with Gasteiger partial charge in [0.2, 0.25) is 5.88 Å². The number of benzene rings is 1. The van der Waals surface area contributed by atoms with Crippen LogP contribution in [0.5, 0.6) is 5.88 Å². The third kappa shape index (κ3) is 2.40. The van der Waals surface area contributed by atoms with E-state index in [4.69, 9.17) is 10.5 Å². The molecule has 94 valence electrons. The van der Waals surface area contributed by atoms with Gasteiger partial charge < -0.3 is 10.5 Å². The fourth-order valence-corrected chi connectivity index (χ4v) is 2.59. The van der Waals surface area contributed by atoms with E-state index in [0.717, 1.165) is 29.1 Å². The molecule has 0 atom stereocenters. The van der Waals surface area contributed by atoms with E-state index in [1.165, 1.54) is 25.7 Å². The van der Waals surface area contributed by atoms with Gasteiger partial charge in [0.25, 0.3) is 0 Å². The van der Waals surface area contributed by atoms with Crippen LogP contribution in [-0.2, 0) is 0 Å². The Balaban J connectivity index is 1.74. The van der Waals surface area contributed by atoms with E-state index in [1.807, 2.05) is 30.3 Å². The minimum absolute atomic E-state index is 0.717. The third-order valence-electron chi connectivity index (χ3n) is 3.63. The Hall–Kier alpha value is -1.77. The summed E-state index contributed by atoms with van der Waals surface area (Å²) in [5.41, 5.74) is 7.45. The maximum atomic E-state index is 5.79. The lowest BCUT2D eigenvalue weighted by Gasteiger charge is -2.11. The summed E-state index contributed by atoms with van der Waals surface area (Å²) in [6.45, 7) is 0.799. The molecule has 1 aromatic heterocycles. The van der Waals surface area contributed by atoms with Gasteiger partial charge in [-0.2, -0.15) is 0 Å². The molecule has 0 bridgehead atoms. The monoisotopic (exact) mass is 242 g/mol. The van der Waals surface area contributed by atoms with Crippen LogP contribution < -0.4 is 10.5 Å². The van der Waals surface area contributed by atoms with E-state index in [2.05, 4.69) is 4.98 Å². The SMILES string of the molecule is Nc1ccc2nc(OCC3CCCC3)ccc2c1. The lowest BCUT2D eigenvalue weighted by Crippen LogP contribution is -2.08. The lowest BCUT2D eigenvalue weighted by molar-refractivity contribution is 0.244. The Labute approximate surface area is 107 Å². The second-order valence-electron chi connectivity index (χ2n) is 5.06. The number of nitrogens with two attached hydrogens (primary N) is 1. The van der Waals surface area contributed by atoms with Gasteiger partial charge in [-0.1, -0.05) is 12.8 Å². The molecule has 0 radical (unpaired) electrons. The quantitative estimate of drug-likeness (QED) is 0.839. The van der Waals surface area contributed by atoms with Gasteiger partial charge in [0.1, 0.15) is 0 Å². The zero-order chi connectivity index (χ0) is 12.4. The number of nitrogen functional groups attached to an aromatic ring is 1. The standard InChI is InChI=1S/C15H18N2O/c16-13-6-7-14-12(9-13)5-8-15(17-14)18-10-11-3-1-2-4-11/h5-9,11H,1-4,10,16H2. The Bertz CT molecular complexity index is 547. The van der Waals surface area contributed by atoms with Crippen LogP contribution in [0.15, 0.2) is 30.3 Å². The van der Waals surface area contributed by atoms with Crippen LogP contribution in [0, 0.1) is 5.92 Å². The zero-order valence-electron chi connectivity index (χ0n) is 10.4. The molecule has 1 saturated carbocycles. The van der Waals surface area contributed by atoms with Crippen molar-refractivity contribution in [1.29, 1.82) is 0 Å². The summed E-state index contributed by atoms with van der Waals surface area (Å²) in [6.07, 6.45) is 5.28. The molecule has 2 aromatic rings. The van der Waals surface area contributed by atoms with E-state index in [-0.39, 0.29) is 0 Å². The first-order valence-electron chi connectivity index (χ1n) is 6.60. The predicted octanol–water partition coefficient (Wildman–Crippen LogP) is 3.39. The molecule has 0 saturated heterocycles. The Morgan fingerprint density at radius 1 is 1.17 bits per heavy atom.